The van der Waals surface area contributed by atoms with E-state index in [1.54, 1.807) is 18.2 Å². The largest absolute Gasteiger partial charge is 0.493 e. The summed E-state index contributed by atoms with van der Waals surface area (Å²) < 4.78 is 16.6. The Bertz CT molecular complexity index is 902. The molecule has 0 aliphatic carbocycles. The van der Waals surface area contributed by atoms with Crippen LogP contribution in [0.5, 0.6) is 17.2 Å². The average Bonchev–Trinajstić information content (AvgIpc) is 2.69. The van der Waals surface area contributed by atoms with Gasteiger partial charge < -0.3 is 14.2 Å². The highest BCUT2D eigenvalue weighted by atomic mass is 16.5. The highest BCUT2D eigenvalue weighted by Gasteiger charge is 2.27. The van der Waals surface area contributed by atoms with E-state index in [1.807, 2.05) is 41.0 Å². The van der Waals surface area contributed by atoms with Gasteiger partial charge in [0.05, 0.1) is 7.11 Å². The van der Waals surface area contributed by atoms with Gasteiger partial charge in [-0.05, 0) is 35.9 Å². The molecule has 0 radical (unpaired) electrons. The molecule has 8 nitrogen and oxygen atoms in total. The van der Waals surface area contributed by atoms with Crippen molar-refractivity contribution in [1.82, 2.24) is 10.6 Å². The summed E-state index contributed by atoms with van der Waals surface area (Å²) >= 11 is 0. The predicted octanol–water partition coefficient (Wildman–Crippen LogP) is 1.90. The second kappa shape index (κ2) is 8.72. The Kier molecular flexibility index (Phi) is 5.91. The number of ether oxygens (including phenoxy) is 3. The van der Waals surface area contributed by atoms with Crippen molar-refractivity contribution in [3.8, 4) is 17.2 Å². The predicted molar refractivity (Wildman–Crippen MR) is 100 cm³/mol. The maximum atomic E-state index is 11.8. The van der Waals surface area contributed by atoms with Crippen LogP contribution in [0, 0.1) is 0 Å². The number of methoxy groups -OCH3 is 1. The standard InChI is InChI=1S/C20H18N2O6/c1-26-17-12-13(11-15-18(23)21-20(25)22-19(15)24)7-8-16(17)28-10-9-27-14-5-3-2-4-6-14/h2-8,11-12H,9-10H2,1H3,(H2,21,22,23,24,25). The first-order valence-electron chi connectivity index (χ1n) is 8.44. The van der Waals surface area contributed by atoms with Crippen LogP contribution in [0.2, 0.25) is 0 Å². The number of benzene rings is 2. The second-order valence-electron chi connectivity index (χ2n) is 5.72. The van der Waals surface area contributed by atoms with E-state index in [4.69, 9.17) is 14.2 Å². The average molecular weight is 382 g/mol. The van der Waals surface area contributed by atoms with E-state index < -0.39 is 17.8 Å². The molecule has 0 aromatic heterocycles. The number of carbonyl (C=O) groups is 3. The van der Waals surface area contributed by atoms with E-state index in [0.717, 1.165) is 5.75 Å². The van der Waals surface area contributed by atoms with Crippen LogP contribution in [0.3, 0.4) is 0 Å². The lowest BCUT2D eigenvalue weighted by Crippen LogP contribution is -2.51. The van der Waals surface area contributed by atoms with Crippen LogP contribution in [0.4, 0.5) is 4.79 Å². The van der Waals surface area contributed by atoms with Gasteiger partial charge in [-0.3, -0.25) is 20.2 Å². The molecule has 0 unspecified atom stereocenters. The molecule has 1 saturated heterocycles. The number of nitrogens with one attached hydrogen (secondary N) is 2. The summed E-state index contributed by atoms with van der Waals surface area (Å²) in [4.78, 5) is 34.7. The van der Waals surface area contributed by atoms with Gasteiger partial charge >= 0.3 is 6.03 Å². The number of amides is 4. The number of barbiturate groups is 1. The lowest BCUT2D eigenvalue weighted by atomic mass is 10.1. The number of hydrogen-bond acceptors (Lipinski definition) is 6. The maximum absolute atomic E-state index is 11.8. The van der Waals surface area contributed by atoms with Crippen molar-refractivity contribution in [2.75, 3.05) is 20.3 Å². The smallest absolute Gasteiger partial charge is 0.328 e. The van der Waals surface area contributed by atoms with Crippen LogP contribution in [0.15, 0.2) is 54.1 Å². The Balaban J connectivity index is 1.65. The van der Waals surface area contributed by atoms with Gasteiger partial charge in [-0.2, -0.15) is 0 Å². The molecule has 28 heavy (non-hydrogen) atoms. The van der Waals surface area contributed by atoms with Gasteiger partial charge in [0.15, 0.2) is 11.5 Å². The van der Waals surface area contributed by atoms with Crippen molar-refractivity contribution in [3.63, 3.8) is 0 Å². The Morgan fingerprint density at radius 1 is 0.857 bits per heavy atom. The summed E-state index contributed by atoms with van der Waals surface area (Å²) in [5.74, 6) is 0.163. The Hall–Kier alpha value is -3.81. The maximum Gasteiger partial charge on any atom is 0.328 e. The third-order valence-corrected chi connectivity index (χ3v) is 3.79. The fourth-order valence-electron chi connectivity index (χ4n) is 2.49. The van der Waals surface area contributed by atoms with E-state index in [9.17, 15) is 14.4 Å². The van der Waals surface area contributed by atoms with E-state index >= 15 is 0 Å². The van der Waals surface area contributed by atoms with Crippen molar-refractivity contribution in [2.45, 2.75) is 0 Å². The molecular formula is C20H18N2O6. The zero-order chi connectivity index (χ0) is 19.9. The molecule has 8 heteroatoms. The van der Waals surface area contributed by atoms with Crippen LogP contribution >= 0.6 is 0 Å². The van der Waals surface area contributed by atoms with Crippen molar-refractivity contribution >= 4 is 23.9 Å². The van der Waals surface area contributed by atoms with Gasteiger partial charge in [0.2, 0.25) is 0 Å². The lowest BCUT2D eigenvalue weighted by Gasteiger charge is -2.15. The fraction of sp³-hybridized carbons (Fsp3) is 0.150. The second-order valence-corrected chi connectivity index (χ2v) is 5.72. The molecule has 2 aromatic rings. The normalized spacial score (nSPS) is 13.5. The van der Waals surface area contributed by atoms with Crippen LogP contribution < -0.4 is 24.8 Å². The van der Waals surface area contributed by atoms with E-state index in [1.165, 1.54) is 13.2 Å². The number of hydrogen-bond donors (Lipinski definition) is 2. The summed E-state index contributed by atoms with van der Waals surface area (Å²) in [6.45, 7) is 0.659. The van der Waals surface area contributed by atoms with Crippen LogP contribution in [-0.4, -0.2) is 38.2 Å². The first kappa shape index (κ1) is 19.0. The molecule has 0 atom stereocenters. The van der Waals surface area contributed by atoms with E-state index in [-0.39, 0.29) is 5.57 Å². The highest BCUT2D eigenvalue weighted by Crippen LogP contribution is 2.29. The summed E-state index contributed by atoms with van der Waals surface area (Å²) in [7, 11) is 1.48. The van der Waals surface area contributed by atoms with Gasteiger partial charge in [-0.1, -0.05) is 24.3 Å². The van der Waals surface area contributed by atoms with Gasteiger partial charge in [0.25, 0.3) is 11.8 Å². The third-order valence-electron chi connectivity index (χ3n) is 3.79. The summed E-state index contributed by atoms with van der Waals surface area (Å²) in [6, 6.07) is 13.5. The molecule has 3 rings (SSSR count). The summed E-state index contributed by atoms with van der Waals surface area (Å²) in [5, 5.41) is 4.04. The van der Waals surface area contributed by atoms with Gasteiger partial charge in [0.1, 0.15) is 24.5 Å². The molecule has 1 aliphatic heterocycles. The monoisotopic (exact) mass is 382 g/mol. The van der Waals surface area contributed by atoms with Gasteiger partial charge in [0, 0.05) is 0 Å². The minimum absolute atomic E-state index is 0.174. The lowest BCUT2D eigenvalue weighted by molar-refractivity contribution is -0.123. The van der Waals surface area contributed by atoms with E-state index in [2.05, 4.69) is 0 Å². The highest BCUT2D eigenvalue weighted by molar-refractivity contribution is 6.31. The van der Waals surface area contributed by atoms with Crippen molar-refractivity contribution < 1.29 is 28.6 Å². The fourth-order valence-corrected chi connectivity index (χ4v) is 2.49. The molecule has 0 saturated carbocycles. The molecule has 4 amide bonds. The van der Waals surface area contributed by atoms with Crippen LogP contribution in [-0.2, 0) is 9.59 Å². The molecular weight excluding hydrogens is 364 g/mol. The molecule has 1 heterocycles. The van der Waals surface area contributed by atoms with E-state index in [0.29, 0.717) is 30.3 Å². The van der Waals surface area contributed by atoms with Gasteiger partial charge in [-0.15, -0.1) is 0 Å². The quantitative estimate of drug-likeness (QED) is 0.431. The molecule has 2 aromatic carbocycles. The van der Waals surface area contributed by atoms with Crippen molar-refractivity contribution in [1.29, 1.82) is 0 Å². The first-order chi connectivity index (χ1) is 13.6. The Morgan fingerprint density at radius 2 is 1.54 bits per heavy atom. The number of rotatable bonds is 7. The number of para-hydroxylation sites is 1. The molecule has 0 spiro atoms. The topological polar surface area (TPSA) is 103 Å². The molecule has 1 aliphatic rings. The Morgan fingerprint density at radius 3 is 2.21 bits per heavy atom. The van der Waals surface area contributed by atoms with Crippen molar-refractivity contribution in [3.05, 3.63) is 59.7 Å². The van der Waals surface area contributed by atoms with Crippen LogP contribution in [0.1, 0.15) is 5.56 Å². The molecule has 1 fully saturated rings. The number of imide groups is 2. The molecule has 2 N–H and O–H groups in total. The SMILES string of the molecule is COc1cc(C=C2C(=O)NC(=O)NC2=O)ccc1OCCOc1ccccc1. The minimum Gasteiger partial charge on any atom is -0.493 e. The van der Waals surface area contributed by atoms with Crippen LogP contribution in [0.25, 0.3) is 6.08 Å². The van der Waals surface area contributed by atoms with Crippen molar-refractivity contribution in [2.24, 2.45) is 0 Å². The van der Waals surface area contributed by atoms with Gasteiger partial charge in [-0.25, -0.2) is 4.79 Å². The number of carbonyl (C=O) groups excluding carboxylic acids is 3. The third kappa shape index (κ3) is 4.67. The zero-order valence-electron chi connectivity index (χ0n) is 15.1. The summed E-state index contributed by atoms with van der Waals surface area (Å²) in [5.41, 5.74) is 0.367. The molecule has 144 valence electrons. The molecule has 0 bridgehead atoms. The zero-order valence-corrected chi connectivity index (χ0v) is 15.1. The number of urea groups is 1. The minimum atomic E-state index is -0.841. The first-order valence-corrected chi connectivity index (χ1v) is 8.44. The Labute approximate surface area is 161 Å². The summed E-state index contributed by atoms with van der Waals surface area (Å²) in [6.07, 6.45) is 1.36.